The van der Waals surface area contributed by atoms with Crippen LogP contribution < -0.4 is 10.6 Å². The maximum absolute atomic E-state index is 5.86. The summed E-state index contributed by atoms with van der Waals surface area (Å²) in [5.74, 6) is 1.14. The Morgan fingerprint density at radius 1 is 1.24 bits per heavy atom. The molecule has 3 heterocycles. The smallest absolute Gasteiger partial charge is 0.157 e. The second-order valence-electron chi connectivity index (χ2n) is 5.74. The molecule has 1 aliphatic heterocycles. The first-order valence-corrected chi connectivity index (χ1v) is 7.72. The van der Waals surface area contributed by atoms with Crippen LogP contribution in [0.5, 0.6) is 0 Å². The molecule has 2 aromatic rings. The lowest BCUT2D eigenvalue weighted by atomic mass is 10.1. The molecule has 0 amide bonds. The third-order valence-electron chi connectivity index (χ3n) is 4.40. The monoisotopic (exact) mass is 288 g/mol. The van der Waals surface area contributed by atoms with Crippen molar-refractivity contribution >= 4 is 11.5 Å². The number of aryl methyl sites for hydroxylation is 1. The first kappa shape index (κ1) is 14.3. The van der Waals surface area contributed by atoms with Crippen LogP contribution in [0.3, 0.4) is 0 Å². The quantitative estimate of drug-likeness (QED) is 0.905. The van der Waals surface area contributed by atoms with E-state index in [0.717, 1.165) is 50.6 Å². The third-order valence-corrected chi connectivity index (χ3v) is 4.40. The molecule has 2 aromatic heterocycles. The van der Waals surface area contributed by atoms with E-state index in [0.29, 0.717) is 6.04 Å². The van der Waals surface area contributed by atoms with E-state index >= 15 is 0 Å². The predicted molar refractivity (Wildman–Crippen MR) is 84.6 cm³/mol. The summed E-state index contributed by atoms with van der Waals surface area (Å²) in [5.41, 5.74) is 8.00. The van der Waals surface area contributed by atoms with Gasteiger partial charge in [-0.3, -0.25) is 4.90 Å². The first-order valence-electron chi connectivity index (χ1n) is 7.72. The fraction of sp³-hybridized carbons (Fsp3) is 0.600. The van der Waals surface area contributed by atoms with E-state index in [2.05, 4.69) is 45.9 Å². The molecule has 21 heavy (non-hydrogen) atoms. The zero-order valence-corrected chi connectivity index (χ0v) is 12.9. The number of pyridine rings is 1. The molecule has 0 spiro atoms. The minimum absolute atomic E-state index is 0.510. The van der Waals surface area contributed by atoms with E-state index in [1.807, 2.05) is 4.52 Å². The number of hydrogen-bond donors (Lipinski definition) is 1. The summed E-state index contributed by atoms with van der Waals surface area (Å²) in [7, 11) is 0. The highest BCUT2D eigenvalue weighted by atomic mass is 15.4. The van der Waals surface area contributed by atoms with Gasteiger partial charge in [0.05, 0.1) is 0 Å². The van der Waals surface area contributed by atoms with Gasteiger partial charge in [0.15, 0.2) is 5.65 Å². The number of piperazine rings is 1. The zero-order chi connectivity index (χ0) is 14.8. The Kier molecular flexibility index (Phi) is 4.07. The number of nitrogens with zero attached hydrogens (tertiary/aromatic N) is 5. The second-order valence-corrected chi connectivity index (χ2v) is 5.74. The van der Waals surface area contributed by atoms with Gasteiger partial charge in [-0.2, -0.15) is 9.61 Å². The van der Waals surface area contributed by atoms with E-state index in [4.69, 9.17) is 5.73 Å². The van der Waals surface area contributed by atoms with Crippen molar-refractivity contribution in [2.45, 2.75) is 26.3 Å². The van der Waals surface area contributed by atoms with Crippen molar-refractivity contribution in [3.05, 3.63) is 24.0 Å². The number of fused-ring (bicyclic) bond motifs is 1. The Morgan fingerprint density at radius 2 is 2.00 bits per heavy atom. The van der Waals surface area contributed by atoms with Crippen LogP contribution in [0.2, 0.25) is 0 Å². The van der Waals surface area contributed by atoms with Crippen molar-refractivity contribution in [3.63, 3.8) is 0 Å². The van der Waals surface area contributed by atoms with E-state index in [1.165, 1.54) is 5.56 Å². The maximum Gasteiger partial charge on any atom is 0.157 e. The summed E-state index contributed by atoms with van der Waals surface area (Å²) in [6.45, 7) is 9.19. The van der Waals surface area contributed by atoms with Gasteiger partial charge in [0.2, 0.25) is 0 Å². The fourth-order valence-corrected chi connectivity index (χ4v) is 3.15. The van der Waals surface area contributed by atoms with Gasteiger partial charge in [-0.15, -0.1) is 0 Å². The lowest BCUT2D eigenvalue weighted by Crippen LogP contribution is -2.52. The van der Waals surface area contributed by atoms with Crippen molar-refractivity contribution < 1.29 is 0 Å². The number of aromatic nitrogens is 3. The predicted octanol–water partition coefficient (Wildman–Crippen LogP) is 0.897. The molecule has 1 atom stereocenters. The second kappa shape index (κ2) is 5.99. The van der Waals surface area contributed by atoms with Crippen molar-refractivity contribution in [2.24, 2.45) is 5.73 Å². The SMILES string of the molecule is CCC(CN)N1CCN(c2cc(C)cc3ncnn23)CC1. The molecule has 0 aliphatic carbocycles. The van der Waals surface area contributed by atoms with Crippen LogP contribution in [0.25, 0.3) is 5.65 Å². The highest BCUT2D eigenvalue weighted by molar-refractivity contribution is 5.53. The van der Waals surface area contributed by atoms with Gasteiger partial charge < -0.3 is 10.6 Å². The van der Waals surface area contributed by atoms with Crippen LogP contribution in [-0.4, -0.2) is 58.3 Å². The number of anilines is 1. The lowest BCUT2D eigenvalue weighted by molar-refractivity contribution is 0.184. The fourth-order valence-electron chi connectivity index (χ4n) is 3.15. The van der Waals surface area contributed by atoms with E-state index in [9.17, 15) is 0 Å². The molecule has 0 bridgehead atoms. The molecule has 0 radical (unpaired) electrons. The molecular formula is C15H24N6. The van der Waals surface area contributed by atoms with Gasteiger partial charge in [0, 0.05) is 38.8 Å². The Labute approximate surface area is 125 Å². The van der Waals surface area contributed by atoms with Gasteiger partial charge in [0.25, 0.3) is 0 Å². The largest absolute Gasteiger partial charge is 0.354 e. The van der Waals surface area contributed by atoms with Crippen molar-refractivity contribution in [1.82, 2.24) is 19.5 Å². The van der Waals surface area contributed by atoms with Gasteiger partial charge in [0.1, 0.15) is 12.1 Å². The lowest BCUT2D eigenvalue weighted by Gasteiger charge is -2.39. The van der Waals surface area contributed by atoms with E-state index in [1.54, 1.807) is 6.33 Å². The van der Waals surface area contributed by atoms with E-state index in [-0.39, 0.29) is 0 Å². The minimum Gasteiger partial charge on any atom is -0.354 e. The normalized spacial score (nSPS) is 18.3. The Bertz CT molecular complexity index is 595. The van der Waals surface area contributed by atoms with Crippen molar-refractivity contribution in [1.29, 1.82) is 0 Å². The summed E-state index contributed by atoms with van der Waals surface area (Å²) < 4.78 is 1.93. The topological polar surface area (TPSA) is 62.7 Å². The molecule has 0 aromatic carbocycles. The molecule has 6 nitrogen and oxygen atoms in total. The molecule has 1 aliphatic rings. The molecular weight excluding hydrogens is 264 g/mol. The molecule has 6 heteroatoms. The summed E-state index contributed by atoms with van der Waals surface area (Å²) in [5, 5.41) is 4.35. The van der Waals surface area contributed by atoms with Gasteiger partial charge in [-0.1, -0.05) is 6.92 Å². The van der Waals surface area contributed by atoms with Crippen LogP contribution in [0.4, 0.5) is 5.82 Å². The van der Waals surface area contributed by atoms with Crippen LogP contribution in [0.1, 0.15) is 18.9 Å². The summed E-state index contributed by atoms with van der Waals surface area (Å²) >= 11 is 0. The minimum atomic E-state index is 0.510. The molecule has 114 valence electrons. The maximum atomic E-state index is 5.86. The molecule has 1 unspecified atom stereocenters. The van der Waals surface area contributed by atoms with Crippen LogP contribution in [0, 0.1) is 6.92 Å². The standard InChI is InChI=1S/C15H24N6/c1-3-13(10-16)19-4-6-20(7-5-19)15-9-12(2)8-14-17-11-18-21(14)15/h8-9,11,13H,3-7,10,16H2,1-2H3. The number of rotatable bonds is 4. The van der Waals surface area contributed by atoms with Crippen molar-refractivity contribution in [2.75, 3.05) is 37.6 Å². The summed E-state index contributed by atoms with van der Waals surface area (Å²) in [6.07, 6.45) is 2.74. The van der Waals surface area contributed by atoms with Crippen molar-refractivity contribution in [3.8, 4) is 0 Å². The summed E-state index contributed by atoms with van der Waals surface area (Å²) in [4.78, 5) is 9.21. The van der Waals surface area contributed by atoms with E-state index < -0.39 is 0 Å². The van der Waals surface area contributed by atoms with Gasteiger partial charge in [-0.05, 0) is 31.0 Å². The van der Waals surface area contributed by atoms with Gasteiger partial charge in [-0.25, -0.2) is 4.98 Å². The molecule has 1 fully saturated rings. The average Bonchev–Trinajstić information content (AvgIpc) is 2.96. The highest BCUT2D eigenvalue weighted by Gasteiger charge is 2.23. The Hall–Kier alpha value is -1.66. The third kappa shape index (κ3) is 2.73. The van der Waals surface area contributed by atoms with Crippen LogP contribution >= 0.6 is 0 Å². The Balaban J connectivity index is 1.78. The number of hydrogen-bond acceptors (Lipinski definition) is 5. The van der Waals surface area contributed by atoms with Gasteiger partial charge >= 0.3 is 0 Å². The number of nitrogens with two attached hydrogens (primary N) is 1. The molecule has 1 saturated heterocycles. The molecule has 2 N–H and O–H groups in total. The Morgan fingerprint density at radius 3 is 2.67 bits per heavy atom. The first-order chi connectivity index (χ1) is 10.2. The average molecular weight is 288 g/mol. The van der Waals surface area contributed by atoms with Crippen LogP contribution in [-0.2, 0) is 0 Å². The summed E-state index contributed by atoms with van der Waals surface area (Å²) in [6, 6.07) is 4.77. The molecule has 0 saturated carbocycles. The highest BCUT2D eigenvalue weighted by Crippen LogP contribution is 2.20. The molecule has 3 rings (SSSR count). The zero-order valence-electron chi connectivity index (χ0n) is 12.9. The van der Waals surface area contributed by atoms with Crippen LogP contribution in [0.15, 0.2) is 18.5 Å².